The number of ether oxygens (including phenoxy) is 1. The summed E-state index contributed by atoms with van der Waals surface area (Å²) in [6.45, 7) is 3.15. The Morgan fingerprint density at radius 2 is 1.92 bits per heavy atom. The number of aliphatic hydroxyl groups excluding tert-OH is 1. The maximum atomic E-state index is 13.5. The van der Waals surface area contributed by atoms with E-state index in [0.717, 1.165) is 0 Å². The van der Waals surface area contributed by atoms with Crippen molar-refractivity contribution in [3.8, 4) is 0 Å². The van der Waals surface area contributed by atoms with Crippen LogP contribution in [0.15, 0.2) is 30.3 Å². The molecule has 9 nitrogen and oxygen atoms in total. The number of hydrogen-bond donors (Lipinski definition) is 3. The van der Waals surface area contributed by atoms with Crippen molar-refractivity contribution in [2.75, 3.05) is 19.7 Å². The fraction of sp³-hybridized carbons (Fsp3) is 0.600. The zero-order valence-electron chi connectivity index (χ0n) is 20.5. The number of likely N-dealkylation sites (tertiary alicyclic amines) is 1. The molecule has 3 aliphatic rings. The van der Waals surface area contributed by atoms with E-state index in [1.807, 2.05) is 13.8 Å². The number of carbonyl (C=O) groups is 4. The predicted molar refractivity (Wildman–Crippen MR) is 122 cm³/mol. The highest BCUT2D eigenvalue weighted by atomic mass is 19.4. The Morgan fingerprint density at radius 1 is 1.24 bits per heavy atom. The van der Waals surface area contributed by atoms with Crippen LogP contribution in [0.25, 0.3) is 0 Å². The van der Waals surface area contributed by atoms with Crippen molar-refractivity contribution in [1.29, 1.82) is 0 Å². The summed E-state index contributed by atoms with van der Waals surface area (Å²) in [6.07, 6.45) is -6.37. The summed E-state index contributed by atoms with van der Waals surface area (Å²) >= 11 is 0. The standard InChI is InChI=1S/C25H30F3N3O6/c1-24(2)15-11-31(23(36)20(33)13-6-4-3-5-7-13)19(18(15)24)22(35)30-16(10-14-8-9-29-21(14)34)17(32)12-37-25(26,27)28/h3-7,14-16,18-20,33H,8-12H2,1-2H3,(H,29,34)(H,30,35)/t14-,15-,16?,18-,19-,20?/m0/s1. The molecular formula is C25H30F3N3O6. The van der Waals surface area contributed by atoms with Crippen molar-refractivity contribution < 1.29 is 42.2 Å². The second kappa shape index (κ2) is 10.1. The van der Waals surface area contributed by atoms with Crippen molar-refractivity contribution in [3.63, 3.8) is 0 Å². The lowest BCUT2D eigenvalue weighted by atomic mass is 9.94. The Morgan fingerprint density at radius 3 is 2.51 bits per heavy atom. The summed E-state index contributed by atoms with van der Waals surface area (Å²) < 4.78 is 41.3. The topological polar surface area (TPSA) is 125 Å². The number of benzene rings is 1. The molecule has 2 aliphatic heterocycles. The molecule has 2 unspecified atom stereocenters. The third-order valence-electron chi connectivity index (χ3n) is 7.88. The van der Waals surface area contributed by atoms with Gasteiger partial charge in [0.25, 0.3) is 5.91 Å². The fourth-order valence-electron chi connectivity index (χ4n) is 5.68. The first kappa shape index (κ1) is 27.1. The molecular weight excluding hydrogens is 495 g/mol. The third kappa shape index (κ3) is 5.64. The molecule has 0 radical (unpaired) electrons. The number of nitrogens with zero attached hydrogens (tertiary/aromatic N) is 1. The van der Waals surface area contributed by atoms with E-state index >= 15 is 0 Å². The number of Topliss-reactive ketones (excluding diaryl/α,β-unsaturated/α-hetero) is 1. The molecule has 4 rings (SSSR count). The van der Waals surface area contributed by atoms with Gasteiger partial charge in [0.1, 0.15) is 12.6 Å². The summed E-state index contributed by atoms with van der Waals surface area (Å²) in [5.74, 6) is -3.70. The first-order valence-corrected chi connectivity index (χ1v) is 12.2. The first-order valence-electron chi connectivity index (χ1n) is 12.2. The van der Waals surface area contributed by atoms with Crippen LogP contribution in [0.1, 0.15) is 38.4 Å². The van der Waals surface area contributed by atoms with E-state index in [4.69, 9.17) is 0 Å². The average Bonchev–Trinajstić information content (AvgIpc) is 3.20. The van der Waals surface area contributed by atoms with E-state index in [1.54, 1.807) is 30.3 Å². The van der Waals surface area contributed by atoms with Crippen LogP contribution in [0.5, 0.6) is 0 Å². The third-order valence-corrected chi connectivity index (χ3v) is 7.88. The Kier molecular flexibility index (Phi) is 7.35. The summed E-state index contributed by atoms with van der Waals surface area (Å²) in [6, 6.07) is 5.79. The van der Waals surface area contributed by atoms with Crippen LogP contribution in [0.3, 0.4) is 0 Å². The van der Waals surface area contributed by atoms with Gasteiger partial charge in [-0.25, -0.2) is 0 Å². The van der Waals surface area contributed by atoms with Crippen LogP contribution in [0, 0.1) is 23.2 Å². The Bertz CT molecular complexity index is 1060. The molecule has 6 atom stereocenters. The molecule has 0 aromatic heterocycles. The maximum Gasteiger partial charge on any atom is 0.522 e. The zero-order chi connectivity index (χ0) is 27.1. The molecule has 3 N–H and O–H groups in total. The van der Waals surface area contributed by atoms with Gasteiger partial charge in [0.05, 0.1) is 6.04 Å². The van der Waals surface area contributed by atoms with Crippen LogP contribution in [0.4, 0.5) is 13.2 Å². The fourth-order valence-corrected chi connectivity index (χ4v) is 5.68. The van der Waals surface area contributed by atoms with E-state index in [2.05, 4.69) is 15.4 Å². The molecule has 0 bridgehead atoms. The highest BCUT2D eigenvalue weighted by Gasteiger charge is 2.69. The first-order chi connectivity index (χ1) is 17.3. The minimum absolute atomic E-state index is 0.0153. The molecule has 2 heterocycles. The maximum absolute atomic E-state index is 13.5. The minimum Gasteiger partial charge on any atom is -0.378 e. The summed E-state index contributed by atoms with van der Waals surface area (Å²) in [7, 11) is 0. The number of alkyl halides is 3. The number of piperidine rings is 1. The number of rotatable bonds is 9. The van der Waals surface area contributed by atoms with Crippen LogP contribution in [-0.4, -0.2) is 71.7 Å². The smallest absolute Gasteiger partial charge is 0.378 e. The quantitative estimate of drug-likeness (QED) is 0.447. The lowest BCUT2D eigenvalue weighted by Gasteiger charge is -2.32. The van der Waals surface area contributed by atoms with Gasteiger partial charge in [0.2, 0.25) is 11.8 Å². The molecule has 37 heavy (non-hydrogen) atoms. The molecule has 0 spiro atoms. The van der Waals surface area contributed by atoms with E-state index < -0.39 is 54.7 Å². The summed E-state index contributed by atoms with van der Waals surface area (Å²) in [5.41, 5.74) is 0.0804. The molecule has 2 saturated heterocycles. The molecule has 1 aliphatic carbocycles. The van der Waals surface area contributed by atoms with Gasteiger partial charge in [-0.2, -0.15) is 0 Å². The zero-order valence-corrected chi connectivity index (χ0v) is 20.5. The number of amides is 3. The van der Waals surface area contributed by atoms with Gasteiger partial charge in [-0.05, 0) is 35.7 Å². The number of carbonyl (C=O) groups excluding carboxylic acids is 4. The van der Waals surface area contributed by atoms with E-state index in [-0.39, 0.29) is 36.1 Å². The van der Waals surface area contributed by atoms with Gasteiger partial charge in [0, 0.05) is 19.0 Å². The minimum atomic E-state index is -5.04. The number of fused-ring (bicyclic) bond motifs is 1. The van der Waals surface area contributed by atoms with Gasteiger partial charge < -0.3 is 20.6 Å². The number of aliphatic hydroxyl groups is 1. The normalized spacial score (nSPS) is 27.7. The number of nitrogens with one attached hydrogen (secondary N) is 2. The van der Waals surface area contributed by atoms with Gasteiger partial charge in [-0.1, -0.05) is 44.2 Å². The van der Waals surface area contributed by atoms with Crippen molar-refractivity contribution in [3.05, 3.63) is 35.9 Å². The number of ketones is 1. The van der Waals surface area contributed by atoms with Crippen LogP contribution in [0.2, 0.25) is 0 Å². The van der Waals surface area contributed by atoms with E-state index in [1.165, 1.54) is 4.90 Å². The van der Waals surface area contributed by atoms with Crippen molar-refractivity contribution >= 4 is 23.5 Å². The highest BCUT2D eigenvalue weighted by Crippen LogP contribution is 2.65. The number of halogens is 3. The monoisotopic (exact) mass is 525 g/mol. The van der Waals surface area contributed by atoms with Crippen LogP contribution < -0.4 is 10.6 Å². The molecule has 1 saturated carbocycles. The van der Waals surface area contributed by atoms with Gasteiger partial charge >= 0.3 is 6.36 Å². The number of hydrogen-bond acceptors (Lipinski definition) is 6. The van der Waals surface area contributed by atoms with Crippen molar-refractivity contribution in [2.24, 2.45) is 23.2 Å². The van der Waals surface area contributed by atoms with Gasteiger partial charge in [-0.15, -0.1) is 13.2 Å². The Labute approximate surface area is 211 Å². The van der Waals surface area contributed by atoms with Crippen molar-refractivity contribution in [1.82, 2.24) is 15.5 Å². The second-order valence-electron chi connectivity index (χ2n) is 10.5. The Hall–Kier alpha value is -2.99. The average molecular weight is 526 g/mol. The molecule has 1 aromatic rings. The largest absolute Gasteiger partial charge is 0.522 e. The highest BCUT2D eigenvalue weighted by molar-refractivity contribution is 5.95. The summed E-state index contributed by atoms with van der Waals surface area (Å²) in [5, 5.41) is 15.8. The van der Waals surface area contributed by atoms with E-state index in [9.17, 15) is 37.5 Å². The lowest BCUT2D eigenvalue weighted by Crippen LogP contribution is -2.55. The second-order valence-corrected chi connectivity index (χ2v) is 10.5. The van der Waals surface area contributed by atoms with Gasteiger partial charge in [-0.3, -0.25) is 23.9 Å². The SMILES string of the molecule is CC1(C)[C@@H]2[C@@H](C(=O)NC(C[C@@H]3CCNC3=O)C(=O)COC(F)(F)F)N(C(=O)C(O)c3ccccc3)C[C@@H]21. The lowest BCUT2D eigenvalue weighted by molar-refractivity contribution is -0.321. The van der Waals surface area contributed by atoms with Crippen LogP contribution in [-0.2, 0) is 23.9 Å². The molecule has 12 heteroatoms. The van der Waals surface area contributed by atoms with Gasteiger partial charge in [0.15, 0.2) is 11.9 Å². The molecule has 3 fully saturated rings. The predicted octanol–water partition coefficient (Wildman–Crippen LogP) is 1.32. The van der Waals surface area contributed by atoms with E-state index in [0.29, 0.717) is 18.5 Å². The van der Waals surface area contributed by atoms with Crippen LogP contribution >= 0.6 is 0 Å². The van der Waals surface area contributed by atoms with Crippen molar-refractivity contribution in [2.45, 2.75) is 51.2 Å². The molecule has 1 aromatic carbocycles. The summed E-state index contributed by atoms with van der Waals surface area (Å²) in [4.78, 5) is 52.7. The Balaban J connectivity index is 1.53. The molecule has 202 valence electrons. The molecule has 3 amide bonds.